The van der Waals surface area contributed by atoms with E-state index in [0.717, 1.165) is 0 Å². The first-order valence-electron chi connectivity index (χ1n) is 6.15. The van der Waals surface area contributed by atoms with Gasteiger partial charge in [0.2, 0.25) is 0 Å². The Morgan fingerprint density at radius 2 is 1.11 bits per heavy atom. The van der Waals surface area contributed by atoms with Gasteiger partial charge in [0.15, 0.2) is 0 Å². The number of rotatable bonds is 12. The molecule has 0 unspecified atom stereocenters. The molecular weight excluding hydrogens is 240 g/mol. The summed E-state index contributed by atoms with van der Waals surface area (Å²) >= 11 is 0. The number of ether oxygens (including phenoxy) is 5. The summed E-state index contributed by atoms with van der Waals surface area (Å²) in [5, 5.41) is 8.07. The minimum Gasteiger partial charge on any atom is -0.394 e. The molecule has 0 aliphatic carbocycles. The van der Waals surface area contributed by atoms with E-state index in [0.29, 0.717) is 52.9 Å². The van der Waals surface area contributed by atoms with Gasteiger partial charge in [0, 0.05) is 20.8 Å². The van der Waals surface area contributed by atoms with Crippen molar-refractivity contribution in [1.82, 2.24) is 0 Å². The van der Waals surface area contributed by atoms with Gasteiger partial charge in [-0.2, -0.15) is 0 Å². The summed E-state index contributed by atoms with van der Waals surface area (Å²) in [6, 6.07) is 0. The third kappa shape index (κ3) is 24.8. The van der Waals surface area contributed by atoms with Crippen molar-refractivity contribution in [2.45, 2.75) is 6.92 Å². The van der Waals surface area contributed by atoms with Gasteiger partial charge in [-0.3, -0.25) is 0 Å². The van der Waals surface area contributed by atoms with E-state index in [-0.39, 0.29) is 6.61 Å². The molecule has 0 heterocycles. The lowest BCUT2D eigenvalue weighted by atomic mass is 10.7. The highest BCUT2D eigenvalue weighted by Gasteiger charge is 1.88. The lowest BCUT2D eigenvalue weighted by Gasteiger charge is -2.04. The smallest absolute Gasteiger partial charge is 0.0701 e. The van der Waals surface area contributed by atoms with Crippen LogP contribution >= 0.6 is 0 Å². The number of aliphatic hydroxyl groups excluding tert-OH is 1. The van der Waals surface area contributed by atoms with Crippen LogP contribution in [-0.4, -0.2) is 78.8 Å². The van der Waals surface area contributed by atoms with E-state index >= 15 is 0 Å². The third-order valence-corrected chi connectivity index (χ3v) is 1.68. The Balaban J connectivity index is 0. The predicted molar refractivity (Wildman–Crippen MR) is 69.0 cm³/mol. The average molecular weight is 268 g/mol. The number of aliphatic hydroxyl groups is 1. The summed E-state index contributed by atoms with van der Waals surface area (Å²) in [5.74, 6) is 0. The molecule has 112 valence electrons. The van der Waals surface area contributed by atoms with E-state index in [4.69, 9.17) is 28.8 Å². The van der Waals surface area contributed by atoms with Crippen molar-refractivity contribution in [3.8, 4) is 0 Å². The zero-order chi connectivity index (χ0) is 13.9. The second kappa shape index (κ2) is 22.0. The van der Waals surface area contributed by atoms with Gasteiger partial charge in [-0.15, -0.1) is 0 Å². The second-order valence-electron chi connectivity index (χ2n) is 3.13. The molecule has 18 heavy (non-hydrogen) atoms. The van der Waals surface area contributed by atoms with Crippen molar-refractivity contribution in [3.05, 3.63) is 0 Å². The Morgan fingerprint density at radius 3 is 1.39 bits per heavy atom. The largest absolute Gasteiger partial charge is 0.394 e. The molecule has 0 amide bonds. The molecule has 0 bridgehead atoms. The van der Waals surface area contributed by atoms with Crippen LogP contribution in [0.3, 0.4) is 0 Å². The zero-order valence-corrected chi connectivity index (χ0v) is 11.9. The Bertz CT molecular complexity index is 109. The van der Waals surface area contributed by atoms with Crippen LogP contribution in [0.2, 0.25) is 0 Å². The Labute approximate surface area is 110 Å². The maximum Gasteiger partial charge on any atom is 0.0701 e. The van der Waals surface area contributed by atoms with Crippen molar-refractivity contribution in [2.75, 3.05) is 73.7 Å². The quantitative estimate of drug-likeness (QED) is 0.514. The van der Waals surface area contributed by atoms with Crippen molar-refractivity contribution < 1.29 is 28.8 Å². The van der Waals surface area contributed by atoms with Crippen LogP contribution in [-0.2, 0) is 23.7 Å². The van der Waals surface area contributed by atoms with Crippen LogP contribution in [0.5, 0.6) is 0 Å². The van der Waals surface area contributed by atoms with Crippen LogP contribution in [0.25, 0.3) is 0 Å². The van der Waals surface area contributed by atoms with Gasteiger partial charge in [0.25, 0.3) is 0 Å². The fourth-order valence-electron chi connectivity index (χ4n) is 0.815. The molecule has 1 N–H and O–H groups in total. The minimum absolute atomic E-state index is 0.133. The van der Waals surface area contributed by atoms with Crippen LogP contribution in [0.1, 0.15) is 6.92 Å². The van der Waals surface area contributed by atoms with Crippen LogP contribution in [0, 0.1) is 0 Å². The number of hydrogen-bond acceptors (Lipinski definition) is 6. The molecule has 6 heteroatoms. The highest BCUT2D eigenvalue weighted by molar-refractivity contribution is 4.32. The first-order chi connectivity index (χ1) is 8.83. The fourth-order valence-corrected chi connectivity index (χ4v) is 0.815. The minimum atomic E-state index is 0.133. The molecule has 0 aliphatic rings. The molecule has 0 rings (SSSR count). The summed E-state index contributed by atoms with van der Waals surface area (Å²) in [6.45, 7) is 6.96. The highest BCUT2D eigenvalue weighted by Crippen LogP contribution is 1.79. The monoisotopic (exact) mass is 268 g/mol. The van der Waals surface area contributed by atoms with Gasteiger partial charge in [0.05, 0.1) is 52.9 Å². The van der Waals surface area contributed by atoms with Gasteiger partial charge in [-0.05, 0) is 6.92 Å². The maximum atomic E-state index is 8.07. The van der Waals surface area contributed by atoms with Gasteiger partial charge in [-0.1, -0.05) is 0 Å². The van der Waals surface area contributed by atoms with Gasteiger partial charge < -0.3 is 28.8 Å². The molecule has 0 saturated heterocycles. The third-order valence-electron chi connectivity index (χ3n) is 1.68. The van der Waals surface area contributed by atoms with Crippen molar-refractivity contribution in [2.24, 2.45) is 0 Å². The Hall–Kier alpha value is -0.240. The molecule has 0 aromatic heterocycles. The lowest BCUT2D eigenvalue weighted by Crippen LogP contribution is -2.10. The normalized spacial score (nSPS) is 10.0. The van der Waals surface area contributed by atoms with E-state index in [1.165, 1.54) is 0 Å². The second-order valence-corrected chi connectivity index (χ2v) is 3.13. The van der Waals surface area contributed by atoms with Crippen LogP contribution in [0.4, 0.5) is 0 Å². The van der Waals surface area contributed by atoms with Gasteiger partial charge in [0.1, 0.15) is 0 Å². The first-order valence-corrected chi connectivity index (χ1v) is 6.15. The van der Waals surface area contributed by atoms with Crippen LogP contribution < -0.4 is 0 Å². The van der Waals surface area contributed by atoms with Crippen molar-refractivity contribution in [3.63, 3.8) is 0 Å². The molecule has 0 radical (unpaired) electrons. The SMILES string of the molecule is CCOCCO.COCCOCCOCCOC. The molecule has 6 nitrogen and oxygen atoms in total. The molecule has 0 aromatic rings. The molecular formula is C12H28O6. The number of methoxy groups -OCH3 is 2. The topological polar surface area (TPSA) is 66.4 Å². The summed E-state index contributed by atoms with van der Waals surface area (Å²) in [4.78, 5) is 0. The molecule has 0 aliphatic heterocycles. The number of hydrogen-bond donors (Lipinski definition) is 1. The van der Waals surface area contributed by atoms with E-state index in [1.807, 2.05) is 6.92 Å². The summed E-state index contributed by atoms with van der Waals surface area (Å²) in [6.07, 6.45) is 0. The first kappa shape index (κ1) is 20.1. The predicted octanol–water partition coefficient (Wildman–Crippen LogP) is 0.328. The van der Waals surface area contributed by atoms with Crippen molar-refractivity contribution >= 4 is 0 Å². The highest BCUT2D eigenvalue weighted by atomic mass is 16.5. The van der Waals surface area contributed by atoms with E-state index in [9.17, 15) is 0 Å². The van der Waals surface area contributed by atoms with Gasteiger partial charge >= 0.3 is 0 Å². The molecule has 0 fully saturated rings. The van der Waals surface area contributed by atoms with Crippen molar-refractivity contribution in [1.29, 1.82) is 0 Å². The lowest BCUT2D eigenvalue weighted by molar-refractivity contribution is 0.0106. The average Bonchev–Trinajstić information content (AvgIpc) is 2.40. The van der Waals surface area contributed by atoms with E-state index < -0.39 is 0 Å². The molecule has 0 saturated carbocycles. The summed E-state index contributed by atoms with van der Waals surface area (Å²) < 4.78 is 24.7. The zero-order valence-electron chi connectivity index (χ0n) is 11.9. The summed E-state index contributed by atoms with van der Waals surface area (Å²) in [7, 11) is 3.30. The Morgan fingerprint density at radius 1 is 0.667 bits per heavy atom. The molecule has 0 aromatic carbocycles. The van der Waals surface area contributed by atoms with E-state index in [1.54, 1.807) is 14.2 Å². The molecule has 0 atom stereocenters. The maximum absolute atomic E-state index is 8.07. The fraction of sp³-hybridized carbons (Fsp3) is 1.00. The molecule has 0 spiro atoms. The van der Waals surface area contributed by atoms with Crippen LogP contribution in [0.15, 0.2) is 0 Å². The standard InChI is InChI=1S/C8H18O4.C4H10O2/c1-9-3-5-11-7-8-12-6-4-10-2;1-2-6-4-3-5/h3-8H2,1-2H3;5H,2-4H2,1H3. The summed E-state index contributed by atoms with van der Waals surface area (Å²) in [5.41, 5.74) is 0. The van der Waals surface area contributed by atoms with Gasteiger partial charge in [-0.25, -0.2) is 0 Å². The Kier molecular flexibility index (Phi) is 24.5. The van der Waals surface area contributed by atoms with E-state index in [2.05, 4.69) is 0 Å².